The zero-order valence-corrected chi connectivity index (χ0v) is 11.1. The number of hydrogen-bond donors (Lipinski definition) is 0. The van der Waals surface area contributed by atoms with Crippen LogP contribution in [-0.2, 0) is 11.3 Å². The van der Waals surface area contributed by atoms with Crippen molar-refractivity contribution in [2.24, 2.45) is 0 Å². The first-order valence-corrected chi connectivity index (χ1v) is 6.68. The van der Waals surface area contributed by atoms with Crippen LogP contribution in [-0.4, -0.2) is 35.6 Å². The Morgan fingerprint density at radius 3 is 2.79 bits per heavy atom. The third-order valence-corrected chi connectivity index (χ3v) is 3.74. The summed E-state index contributed by atoms with van der Waals surface area (Å²) in [4.78, 5) is 14.1. The Kier molecular flexibility index (Phi) is 3.15. The van der Waals surface area contributed by atoms with Crippen molar-refractivity contribution in [1.82, 2.24) is 9.47 Å². The van der Waals surface area contributed by atoms with Crippen molar-refractivity contribution < 1.29 is 9.53 Å². The molecule has 0 N–H and O–H groups in total. The number of rotatable bonds is 3. The van der Waals surface area contributed by atoms with Crippen LogP contribution in [0.25, 0.3) is 10.9 Å². The number of methoxy groups -OCH3 is 1. The van der Waals surface area contributed by atoms with E-state index in [2.05, 4.69) is 0 Å². The van der Waals surface area contributed by atoms with Crippen LogP contribution in [0.3, 0.4) is 0 Å². The molecule has 4 heteroatoms. The molecule has 1 aliphatic rings. The third-order valence-electron chi connectivity index (χ3n) is 3.74. The van der Waals surface area contributed by atoms with Gasteiger partial charge in [0, 0.05) is 30.2 Å². The fourth-order valence-electron chi connectivity index (χ4n) is 2.66. The number of aromatic nitrogens is 1. The number of carbonyl (C=O) groups is 1. The van der Waals surface area contributed by atoms with Crippen LogP contribution >= 0.6 is 0 Å². The molecule has 4 nitrogen and oxygen atoms in total. The summed E-state index contributed by atoms with van der Waals surface area (Å²) >= 11 is 0. The molecular formula is C15H18N2O2. The standard InChI is InChI=1S/C15H18N2O2/c1-19-13-4-5-14-12(10-13)6-9-17(14)11-15(18)16-7-2-3-8-16/h4-6,9-10H,2-3,7-8,11H2,1H3. The largest absolute Gasteiger partial charge is 0.497 e. The van der Waals surface area contributed by atoms with E-state index in [0.717, 1.165) is 42.6 Å². The van der Waals surface area contributed by atoms with E-state index in [4.69, 9.17) is 4.74 Å². The number of benzene rings is 1. The van der Waals surface area contributed by atoms with Crippen LogP contribution in [0, 0.1) is 0 Å². The smallest absolute Gasteiger partial charge is 0.242 e. The van der Waals surface area contributed by atoms with Crippen molar-refractivity contribution >= 4 is 16.8 Å². The van der Waals surface area contributed by atoms with E-state index in [9.17, 15) is 4.79 Å². The second kappa shape index (κ2) is 4.96. The zero-order valence-electron chi connectivity index (χ0n) is 11.1. The van der Waals surface area contributed by atoms with Crippen molar-refractivity contribution in [3.63, 3.8) is 0 Å². The van der Waals surface area contributed by atoms with Gasteiger partial charge >= 0.3 is 0 Å². The number of nitrogens with zero attached hydrogens (tertiary/aromatic N) is 2. The summed E-state index contributed by atoms with van der Waals surface area (Å²) < 4.78 is 7.22. The Hall–Kier alpha value is -1.97. The van der Waals surface area contributed by atoms with E-state index >= 15 is 0 Å². The average molecular weight is 258 g/mol. The third kappa shape index (κ3) is 2.30. The molecule has 0 spiro atoms. The van der Waals surface area contributed by atoms with E-state index < -0.39 is 0 Å². The first-order valence-electron chi connectivity index (χ1n) is 6.68. The molecule has 1 aromatic carbocycles. The molecule has 0 bridgehead atoms. The molecule has 1 amide bonds. The van der Waals surface area contributed by atoms with Crippen molar-refractivity contribution in [3.8, 4) is 5.75 Å². The van der Waals surface area contributed by atoms with E-state index in [1.165, 1.54) is 0 Å². The topological polar surface area (TPSA) is 34.5 Å². The molecule has 1 aliphatic heterocycles. The second-order valence-electron chi connectivity index (χ2n) is 4.96. The summed E-state index contributed by atoms with van der Waals surface area (Å²) in [5.41, 5.74) is 1.08. The van der Waals surface area contributed by atoms with Crippen LogP contribution in [0.1, 0.15) is 12.8 Å². The number of amides is 1. The Bertz CT molecular complexity index is 597. The van der Waals surface area contributed by atoms with Gasteiger partial charge < -0.3 is 14.2 Å². The number of likely N-dealkylation sites (tertiary alicyclic amines) is 1. The molecule has 3 rings (SSSR count). The highest BCUT2D eigenvalue weighted by atomic mass is 16.5. The van der Waals surface area contributed by atoms with E-state index in [-0.39, 0.29) is 5.91 Å². The second-order valence-corrected chi connectivity index (χ2v) is 4.96. The average Bonchev–Trinajstić information content (AvgIpc) is 3.08. The molecule has 2 heterocycles. The van der Waals surface area contributed by atoms with Gasteiger partial charge in [0.05, 0.1) is 7.11 Å². The monoisotopic (exact) mass is 258 g/mol. The molecule has 100 valence electrons. The predicted octanol–water partition coefficient (Wildman–Crippen LogP) is 2.27. The maximum atomic E-state index is 12.2. The Morgan fingerprint density at radius 2 is 2.05 bits per heavy atom. The van der Waals surface area contributed by atoms with Crippen LogP contribution in [0.4, 0.5) is 0 Å². The number of fused-ring (bicyclic) bond motifs is 1. The minimum atomic E-state index is 0.214. The van der Waals surface area contributed by atoms with Gasteiger partial charge in [-0.3, -0.25) is 4.79 Å². The normalized spacial score (nSPS) is 15.1. The molecule has 0 aliphatic carbocycles. The lowest BCUT2D eigenvalue weighted by Gasteiger charge is -2.16. The summed E-state index contributed by atoms with van der Waals surface area (Å²) in [7, 11) is 1.66. The van der Waals surface area contributed by atoms with E-state index in [1.54, 1.807) is 7.11 Å². The van der Waals surface area contributed by atoms with Crippen molar-refractivity contribution in [1.29, 1.82) is 0 Å². The lowest BCUT2D eigenvalue weighted by Crippen LogP contribution is -2.30. The molecule has 0 saturated carbocycles. The number of carbonyl (C=O) groups excluding carboxylic acids is 1. The Labute approximate surface area is 112 Å². The SMILES string of the molecule is COc1ccc2c(ccn2CC(=O)N2CCCC2)c1. The molecule has 1 aromatic heterocycles. The van der Waals surface area contributed by atoms with Gasteiger partial charge in [-0.05, 0) is 37.1 Å². The quantitative estimate of drug-likeness (QED) is 0.846. The zero-order chi connectivity index (χ0) is 13.2. The van der Waals surface area contributed by atoms with Gasteiger partial charge in [0.15, 0.2) is 0 Å². The fourth-order valence-corrected chi connectivity index (χ4v) is 2.66. The van der Waals surface area contributed by atoms with Gasteiger partial charge in [-0.1, -0.05) is 0 Å². The van der Waals surface area contributed by atoms with Crippen LogP contribution < -0.4 is 4.74 Å². The van der Waals surface area contributed by atoms with Gasteiger partial charge in [-0.15, -0.1) is 0 Å². The van der Waals surface area contributed by atoms with Crippen LogP contribution in [0.5, 0.6) is 5.75 Å². The van der Waals surface area contributed by atoms with Gasteiger partial charge in [-0.2, -0.15) is 0 Å². The predicted molar refractivity (Wildman–Crippen MR) is 74.3 cm³/mol. The molecule has 0 radical (unpaired) electrons. The van der Waals surface area contributed by atoms with Crippen LogP contribution in [0.15, 0.2) is 30.5 Å². The van der Waals surface area contributed by atoms with Gasteiger partial charge in [-0.25, -0.2) is 0 Å². The lowest BCUT2D eigenvalue weighted by molar-refractivity contribution is -0.130. The van der Waals surface area contributed by atoms with Crippen molar-refractivity contribution in [3.05, 3.63) is 30.5 Å². The minimum Gasteiger partial charge on any atom is -0.497 e. The van der Waals surface area contributed by atoms with Crippen LogP contribution in [0.2, 0.25) is 0 Å². The summed E-state index contributed by atoms with van der Waals surface area (Å²) in [6, 6.07) is 7.95. The summed E-state index contributed by atoms with van der Waals surface area (Å²) in [6.45, 7) is 2.24. The molecule has 0 atom stereocenters. The minimum absolute atomic E-state index is 0.214. The summed E-state index contributed by atoms with van der Waals surface area (Å²) in [6.07, 6.45) is 4.24. The Morgan fingerprint density at radius 1 is 1.26 bits per heavy atom. The van der Waals surface area contributed by atoms with Gasteiger partial charge in [0.1, 0.15) is 12.3 Å². The summed E-state index contributed by atoms with van der Waals surface area (Å²) in [5.74, 6) is 1.06. The fraction of sp³-hybridized carbons (Fsp3) is 0.400. The first kappa shape index (κ1) is 12.1. The maximum Gasteiger partial charge on any atom is 0.242 e. The number of hydrogen-bond acceptors (Lipinski definition) is 2. The van der Waals surface area contributed by atoms with Crippen molar-refractivity contribution in [2.45, 2.75) is 19.4 Å². The highest BCUT2D eigenvalue weighted by Gasteiger charge is 2.18. The van der Waals surface area contributed by atoms with E-state index in [1.807, 2.05) is 39.9 Å². The first-order chi connectivity index (χ1) is 9.28. The number of ether oxygens (including phenoxy) is 1. The molecular weight excluding hydrogens is 240 g/mol. The highest BCUT2D eigenvalue weighted by Crippen LogP contribution is 2.22. The Balaban J connectivity index is 1.82. The molecule has 1 fully saturated rings. The highest BCUT2D eigenvalue weighted by molar-refractivity contribution is 5.84. The maximum absolute atomic E-state index is 12.2. The molecule has 0 unspecified atom stereocenters. The lowest BCUT2D eigenvalue weighted by atomic mass is 10.2. The molecule has 2 aromatic rings. The van der Waals surface area contributed by atoms with Crippen molar-refractivity contribution in [2.75, 3.05) is 20.2 Å². The van der Waals surface area contributed by atoms with Gasteiger partial charge in [0.25, 0.3) is 0 Å². The molecule has 1 saturated heterocycles. The summed E-state index contributed by atoms with van der Waals surface area (Å²) in [5, 5.41) is 1.11. The van der Waals surface area contributed by atoms with E-state index in [0.29, 0.717) is 6.54 Å². The molecule has 19 heavy (non-hydrogen) atoms. The van der Waals surface area contributed by atoms with Gasteiger partial charge in [0.2, 0.25) is 5.91 Å².